The molecule has 15 heavy (non-hydrogen) atoms. The van der Waals surface area contributed by atoms with Gasteiger partial charge in [0, 0.05) is 38.1 Å². The quantitative estimate of drug-likeness (QED) is 0.722. The van der Waals surface area contributed by atoms with E-state index in [1.54, 1.807) is 0 Å². The third-order valence-corrected chi connectivity index (χ3v) is 2.82. The van der Waals surface area contributed by atoms with Crippen molar-refractivity contribution in [3.05, 3.63) is 0 Å². The predicted molar refractivity (Wildman–Crippen MR) is 58.9 cm³/mol. The molecule has 88 valence electrons. The molecule has 1 aliphatic heterocycles. The fourth-order valence-corrected chi connectivity index (χ4v) is 2.10. The third-order valence-electron chi connectivity index (χ3n) is 2.82. The van der Waals surface area contributed by atoms with E-state index in [1.807, 2.05) is 27.7 Å². The lowest BCUT2D eigenvalue weighted by atomic mass is 9.76. The molecule has 0 aromatic rings. The summed E-state index contributed by atoms with van der Waals surface area (Å²) < 4.78 is 11.0. The van der Waals surface area contributed by atoms with E-state index < -0.39 is 5.60 Å². The number of carbonyl (C=O) groups excluding carboxylic acids is 1. The van der Waals surface area contributed by atoms with Crippen molar-refractivity contribution >= 4 is 5.78 Å². The van der Waals surface area contributed by atoms with Crippen LogP contribution < -0.4 is 0 Å². The van der Waals surface area contributed by atoms with Crippen LogP contribution >= 0.6 is 0 Å². The SMILES string of the molecule is CCOC1(C(=O)C(C)(C)C)CCOCC1. The normalized spacial score (nSPS) is 21.3. The number of hydrogen-bond acceptors (Lipinski definition) is 3. The van der Waals surface area contributed by atoms with Gasteiger partial charge >= 0.3 is 0 Å². The van der Waals surface area contributed by atoms with Crippen molar-refractivity contribution in [3.63, 3.8) is 0 Å². The van der Waals surface area contributed by atoms with Crippen molar-refractivity contribution in [2.24, 2.45) is 5.41 Å². The molecule has 3 nitrogen and oxygen atoms in total. The Morgan fingerprint density at radius 1 is 1.33 bits per heavy atom. The molecule has 0 amide bonds. The van der Waals surface area contributed by atoms with Crippen LogP contribution in [0.15, 0.2) is 0 Å². The molecule has 0 radical (unpaired) electrons. The minimum Gasteiger partial charge on any atom is -0.381 e. The number of hydrogen-bond donors (Lipinski definition) is 0. The van der Waals surface area contributed by atoms with Crippen LogP contribution in [0, 0.1) is 5.41 Å². The molecular weight excluding hydrogens is 192 g/mol. The second-order valence-corrected chi connectivity index (χ2v) is 5.12. The molecule has 0 saturated carbocycles. The first-order chi connectivity index (χ1) is 6.92. The van der Waals surface area contributed by atoms with Gasteiger partial charge in [-0.25, -0.2) is 0 Å². The molecule has 0 aromatic carbocycles. The number of Topliss-reactive ketones (excluding diaryl/α,β-unsaturated/α-hetero) is 1. The van der Waals surface area contributed by atoms with E-state index in [2.05, 4.69) is 0 Å². The van der Waals surface area contributed by atoms with Crippen molar-refractivity contribution in [1.29, 1.82) is 0 Å². The Labute approximate surface area is 92.1 Å². The van der Waals surface area contributed by atoms with Crippen LogP contribution in [-0.4, -0.2) is 31.2 Å². The Morgan fingerprint density at radius 3 is 2.27 bits per heavy atom. The van der Waals surface area contributed by atoms with E-state index in [-0.39, 0.29) is 11.2 Å². The van der Waals surface area contributed by atoms with Crippen LogP contribution in [-0.2, 0) is 14.3 Å². The molecule has 0 N–H and O–H groups in total. The first kappa shape index (κ1) is 12.7. The summed E-state index contributed by atoms with van der Waals surface area (Å²) in [4.78, 5) is 12.4. The van der Waals surface area contributed by atoms with Crippen LogP contribution in [0.1, 0.15) is 40.5 Å². The summed E-state index contributed by atoms with van der Waals surface area (Å²) in [7, 11) is 0. The van der Waals surface area contributed by atoms with Crippen molar-refractivity contribution in [3.8, 4) is 0 Å². The lowest BCUT2D eigenvalue weighted by molar-refractivity contribution is -0.165. The van der Waals surface area contributed by atoms with E-state index in [0.717, 1.165) is 0 Å². The highest BCUT2D eigenvalue weighted by Gasteiger charge is 2.45. The molecular formula is C12H22O3. The van der Waals surface area contributed by atoms with E-state index in [1.165, 1.54) is 0 Å². The fraction of sp³-hybridized carbons (Fsp3) is 0.917. The molecule has 1 saturated heterocycles. The average Bonchev–Trinajstić information content (AvgIpc) is 2.17. The summed E-state index contributed by atoms with van der Waals surface area (Å²) in [5.41, 5.74) is -0.933. The van der Waals surface area contributed by atoms with Gasteiger partial charge in [-0.15, -0.1) is 0 Å². The molecule has 0 aliphatic carbocycles. The zero-order chi connectivity index (χ0) is 11.5. The van der Waals surface area contributed by atoms with E-state index in [4.69, 9.17) is 9.47 Å². The molecule has 0 unspecified atom stereocenters. The summed E-state index contributed by atoms with van der Waals surface area (Å²) in [6.45, 7) is 9.63. The van der Waals surface area contributed by atoms with Crippen LogP contribution in [0.3, 0.4) is 0 Å². The Bertz CT molecular complexity index is 216. The highest BCUT2D eigenvalue weighted by molar-refractivity contribution is 5.91. The van der Waals surface area contributed by atoms with Crippen molar-refractivity contribution in [1.82, 2.24) is 0 Å². The van der Waals surface area contributed by atoms with E-state index in [9.17, 15) is 4.79 Å². The average molecular weight is 214 g/mol. The first-order valence-corrected chi connectivity index (χ1v) is 5.69. The van der Waals surface area contributed by atoms with Gasteiger partial charge in [-0.3, -0.25) is 4.79 Å². The predicted octanol–water partition coefficient (Wildman–Crippen LogP) is 2.19. The fourth-order valence-electron chi connectivity index (χ4n) is 2.10. The van der Waals surface area contributed by atoms with Crippen LogP contribution in [0.4, 0.5) is 0 Å². The molecule has 0 bridgehead atoms. The zero-order valence-electron chi connectivity index (χ0n) is 10.3. The van der Waals surface area contributed by atoms with Crippen molar-refractivity contribution in [2.75, 3.05) is 19.8 Å². The van der Waals surface area contributed by atoms with Crippen LogP contribution in [0.25, 0.3) is 0 Å². The van der Waals surface area contributed by atoms with Gasteiger partial charge in [0.25, 0.3) is 0 Å². The Morgan fingerprint density at radius 2 is 1.87 bits per heavy atom. The summed E-state index contributed by atoms with van der Waals surface area (Å²) in [5.74, 6) is 0.208. The van der Waals surface area contributed by atoms with Crippen molar-refractivity contribution < 1.29 is 14.3 Å². The third kappa shape index (κ3) is 2.79. The standard InChI is InChI=1S/C12H22O3/c1-5-15-12(6-8-14-9-7-12)10(13)11(2,3)4/h5-9H2,1-4H3. The van der Waals surface area contributed by atoms with Gasteiger partial charge in [0.05, 0.1) is 0 Å². The van der Waals surface area contributed by atoms with Gasteiger partial charge < -0.3 is 9.47 Å². The monoisotopic (exact) mass is 214 g/mol. The molecule has 1 rings (SSSR count). The second kappa shape index (κ2) is 4.62. The maximum atomic E-state index is 12.4. The lowest BCUT2D eigenvalue weighted by Gasteiger charge is -2.39. The zero-order valence-corrected chi connectivity index (χ0v) is 10.3. The molecule has 3 heteroatoms. The summed E-state index contributed by atoms with van der Waals surface area (Å²) in [6, 6.07) is 0. The second-order valence-electron chi connectivity index (χ2n) is 5.12. The van der Waals surface area contributed by atoms with Crippen molar-refractivity contribution in [2.45, 2.75) is 46.1 Å². The lowest BCUT2D eigenvalue weighted by Crippen LogP contribution is -2.51. The smallest absolute Gasteiger partial charge is 0.170 e. The van der Waals surface area contributed by atoms with E-state index in [0.29, 0.717) is 32.7 Å². The van der Waals surface area contributed by atoms with Gasteiger partial charge in [0.15, 0.2) is 5.78 Å². The number of ketones is 1. The number of carbonyl (C=O) groups is 1. The summed E-state index contributed by atoms with van der Waals surface area (Å²) in [6.07, 6.45) is 1.38. The van der Waals surface area contributed by atoms with Gasteiger partial charge in [-0.2, -0.15) is 0 Å². The van der Waals surface area contributed by atoms with Crippen LogP contribution in [0.5, 0.6) is 0 Å². The minimum atomic E-state index is -0.592. The molecule has 1 fully saturated rings. The minimum absolute atomic E-state index is 0.208. The maximum absolute atomic E-state index is 12.4. The highest BCUT2D eigenvalue weighted by Crippen LogP contribution is 2.33. The number of ether oxygens (including phenoxy) is 2. The highest BCUT2D eigenvalue weighted by atomic mass is 16.5. The van der Waals surface area contributed by atoms with Gasteiger partial charge in [-0.1, -0.05) is 20.8 Å². The van der Waals surface area contributed by atoms with Gasteiger partial charge in [0.2, 0.25) is 0 Å². The van der Waals surface area contributed by atoms with E-state index >= 15 is 0 Å². The molecule has 1 heterocycles. The molecule has 0 spiro atoms. The Kier molecular flexibility index (Phi) is 3.90. The largest absolute Gasteiger partial charge is 0.381 e. The Hall–Kier alpha value is -0.410. The maximum Gasteiger partial charge on any atom is 0.170 e. The van der Waals surface area contributed by atoms with Gasteiger partial charge in [-0.05, 0) is 6.92 Å². The van der Waals surface area contributed by atoms with Gasteiger partial charge in [0.1, 0.15) is 5.60 Å². The number of rotatable bonds is 3. The first-order valence-electron chi connectivity index (χ1n) is 5.69. The van der Waals surface area contributed by atoms with Crippen LogP contribution in [0.2, 0.25) is 0 Å². The summed E-state index contributed by atoms with van der Waals surface area (Å²) >= 11 is 0. The summed E-state index contributed by atoms with van der Waals surface area (Å²) in [5, 5.41) is 0. The molecule has 0 atom stereocenters. The molecule has 1 aliphatic rings. The molecule has 0 aromatic heterocycles. The Balaban J connectivity index is 2.84. The topological polar surface area (TPSA) is 35.5 Å².